The third-order valence-electron chi connectivity index (χ3n) is 2.91. The maximum absolute atomic E-state index is 5.99. The Morgan fingerprint density at radius 2 is 1.67 bits per heavy atom. The van der Waals surface area contributed by atoms with E-state index in [4.69, 9.17) is 4.74 Å². The third-order valence-corrected chi connectivity index (χ3v) is 3.44. The minimum absolute atomic E-state index is 0.176. The second-order valence-corrected chi connectivity index (χ2v) is 5.16. The molecule has 0 aliphatic carbocycles. The van der Waals surface area contributed by atoms with Gasteiger partial charge in [-0.25, -0.2) is 0 Å². The Bertz CT molecular complexity index is 464. The molecule has 0 saturated carbocycles. The van der Waals surface area contributed by atoms with Gasteiger partial charge in [0.25, 0.3) is 0 Å². The predicted molar refractivity (Wildman–Crippen MR) is 78.4 cm³/mol. The minimum atomic E-state index is 0.176. The average Bonchev–Trinajstić information content (AvgIpc) is 2.43. The van der Waals surface area contributed by atoms with Gasteiger partial charge in [-0.15, -0.1) is 0 Å². The Hall–Kier alpha value is -1.12. The zero-order valence-electron chi connectivity index (χ0n) is 10.5. The lowest BCUT2D eigenvalue weighted by atomic mass is 10.1. The number of hydrogen-bond donors (Lipinski definition) is 0. The van der Waals surface area contributed by atoms with E-state index in [1.165, 1.54) is 11.1 Å². The van der Waals surface area contributed by atoms with Gasteiger partial charge >= 0.3 is 0 Å². The summed E-state index contributed by atoms with van der Waals surface area (Å²) in [5.74, 6) is 0. The molecule has 0 aromatic heterocycles. The molecule has 0 saturated heterocycles. The van der Waals surface area contributed by atoms with Crippen molar-refractivity contribution in [3.63, 3.8) is 0 Å². The zero-order valence-corrected chi connectivity index (χ0v) is 12.1. The maximum atomic E-state index is 5.99. The molecular weight excluding hydrogens is 288 g/mol. The quantitative estimate of drug-likeness (QED) is 0.745. The van der Waals surface area contributed by atoms with Crippen LogP contribution in [-0.4, -0.2) is 0 Å². The lowest BCUT2D eigenvalue weighted by molar-refractivity contribution is 0.0371. The van der Waals surface area contributed by atoms with Crippen LogP contribution < -0.4 is 0 Å². The maximum Gasteiger partial charge on any atom is 0.0826 e. The number of benzene rings is 2. The summed E-state index contributed by atoms with van der Waals surface area (Å²) >= 11 is 3.44. The molecule has 0 aliphatic heterocycles. The summed E-state index contributed by atoms with van der Waals surface area (Å²) in [6.07, 6.45) is 1.16. The van der Waals surface area contributed by atoms with Gasteiger partial charge in [-0.2, -0.15) is 0 Å². The van der Waals surface area contributed by atoms with E-state index in [1.807, 2.05) is 18.2 Å². The molecule has 0 bridgehead atoms. The van der Waals surface area contributed by atoms with Gasteiger partial charge in [0.15, 0.2) is 0 Å². The first kappa shape index (κ1) is 13.3. The number of rotatable bonds is 5. The normalized spacial score (nSPS) is 12.3. The van der Waals surface area contributed by atoms with Crippen LogP contribution in [0.3, 0.4) is 0 Å². The summed E-state index contributed by atoms with van der Waals surface area (Å²) < 4.78 is 7.09. The highest BCUT2D eigenvalue weighted by Crippen LogP contribution is 2.22. The van der Waals surface area contributed by atoms with Crippen LogP contribution in [0, 0.1) is 0 Å². The highest BCUT2D eigenvalue weighted by molar-refractivity contribution is 9.10. The Kier molecular flexibility index (Phi) is 4.97. The van der Waals surface area contributed by atoms with Crippen molar-refractivity contribution in [2.24, 2.45) is 0 Å². The predicted octanol–water partition coefficient (Wildman–Crippen LogP) is 5.12. The van der Waals surface area contributed by atoms with Gasteiger partial charge in [-0.1, -0.05) is 65.3 Å². The van der Waals surface area contributed by atoms with Crippen LogP contribution >= 0.6 is 15.9 Å². The molecule has 2 aromatic carbocycles. The fourth-order valence-electron chi connectivity index (χ4n) is 1.89. The zero-order chi connectivity index (χ0) is 12.8. The Morgan fingerprint density at radius 3 is 2.28 bits per heavy atom. The molecule has 1 unspecified atom stereocenters. The van der Waals surface area contributed by atoms with Crippen LogP contribution in [0.2, 0.25) is 0 Å². The summed E-state index contributed by atoms with van der Waals surface area (Å²) in [5, 5.41) is 0. The fourth-order valence-corrected chi connectivity index (χ4v) is 2.16. The van der Waals surface area contributed by atoms with E-state index in [1.54, 1.807) is 0 Å². The van der Waals surface area contributed by atoms with Crippen molar-refractivity contribution in [3.05, 3.63) is 70.2 Å². The van der Waals surface area contributed by atoms with Gasteiger partial charge < -0.3 is 4.74 Å². The average molecular weight is 305 g/mol. The second kappa shape index (κ2) is 6.72. The first-order valence-electron chi connectivity index (χ1n) is 6.20. The molecule has 2 aromatic rings. The molecule has 0 aliphatic rings. The van der Waals surface area contributed by atoms with E-state index >= 15 is 0 Å². The molecule has 0 radical (unpaired) electrons. The van der Waals surface area contributed by atoms with Crippen molar-refractivity contribution in [2.75, 3.05) is 0 Å². The lowest BCUT2D eigenvalue weighted by Gasteiger charge is -2.16. The summed E-state index contributed by atoms with van der Waals surface area (Å²) in [6, 6.07) is 18.6. The SMILES string of the molecule is CCC(OCc1ccc(Br)cc1)c1ccccc1. The Morgan fingerprint density at radius 1 is 1.00 bits per heavy atom. The van der Waals surface area contributed by atoms with Crippen LogP contribution in [-0.2, 0) is 11.3 Å². The van der Waals surface area contributed by atoms with Gasteiger partial charge in [-0.3, -0.25) is 0 Å². The molecular formula is C16H17BrO. The van der Waals surface area contributed by atoms with Crippen LogP contribution in [0.15, 0.2) is 59.1 Å². The molecule has 94 valence electrons. The highest BCUT2D eigenvalue weighted by atomic mass is 79.9. The van der Waals surface area contributed by atoms with Crippen LogP contribution in [0.4, 0.5) is 0 Å². The van der Waals surface area contributed by atoms with E-state index in [-0.39, 0.29) is 6.10 Å². The van der Waals surface area contributed by atoms with Gasteiger partial charge in [-0.05, 0) is 29.7 Å². The number of hydrogen-bond acceptors (Lipinski definition) is 1. The van der Waals surface area contributed by atoms with E-state index in [0.717, 1.165) is 10.9 Å². The standard InChI is InChI=1S/C16H17BrO/c1-2-16(14-6-4-3-5-7-14)18-12-13-8-10-15(17)11-9-13/h3-11,16H,2,12H2,1H3. The van der Waals surface area contributed by atoms with Crippen molar-refractivity contribution in [3.8, 4) is 0 Å². The van der Waals surface area contributed by atoms with E-state index in [2.05, 4.69) is 59.3 Å². The van der Waals surface area contributed by atoms with E-state index in [0.29, 0.717) is 6.61 Å². The van der Waals surface area contributed by atoms with Gasteiger partial charge in [0, 0.05) is 4.47 Å². The molecule has 0 heterocycles. The summed E-state index contributed by atoms with van der Waals surface area (Å²) in [6.45, 7) is 2.81. The summed E-state index contributed by atoms with van der Waals surface area (Å²) in [4.78, 5) is 0. The first-order valence-corrected chi connectivity index (χ1v) is 7.00. The topological polar surface area (TPSA) is 9.23 Å². The molecule has 1 nitrogen and oxygen atoms in total. The van der Waals surface area contributed by atoms with Gasteiger partial charge in [0.2, 0.25) is 0 Å². The van der Waals surface area contributed by atoms with Crippen molar-refractivity contribution in [1.82, 2.24) is 0 Å². The third kappa shape index (κ3) is 3.69. The van der Waals surface area contributed by atoms with Crippen molar-refractivity contribution < 1.29 is 4.74 Å². The fraction of sp³-hybridized carbons (Fsp3) is 0.250. The molecule has 2 rings (SSSR count). The number of halogens is 1. The molecule has 18 heavy (non-hydrogen) atoms. The first-order chi connectivity index (χ1) is 8.79. The molecule has 0 fully saturated rings. The second-order valence-electron chi connectivity index (χ2n) is 4.25. The van der Waals surface area contributed by atoms with Gasteiger partial charge in [0.1, 0.15) is 0 Å². The largest absolute Gasteiger partial charge is 0.369 e. The smallest absolute Gasteiger partial charge is 0.0826 e. The van der Waals surface area contributed by atoms with Crippen LogP contribution in [0.5, 0.6) is 0 Å². The van der Waals surface area contributed by atoms with Crippen molar-refractivity contribution in [2.45, 2.75) is 26.1 Å². The number of ether oxygens (including phenoxy) is 1. The van der Waals surface area contributed by atoms with Gasteiger partial charge in [0.05, 0.1) is 12.7 Å². The molecule has 1 atom stereocenters. The van der Waals surface area contributed by atoms with Crippen molar-refractivity contribution in [1.29, 1.82) is 0 Å². The Balaban J connectivity index is 1.97. The molecule has 0 amide bonds. The molecule has 0 spiro atoms. The summed E-state index contributed by atoms with van der Waals surface area (Å²) in [7, 11) is 0. The van der Waals surface area contributed by atoms with Crippen LogP contribution in [0.25, 0.3) is 0 Å². The highest BCUT2D eigenvalue weighted by Gasteiger charge is 2.08. The van der Waals surface area contributed by atoms with Crippen LogP contribution in [0.1, 0.15) is 30.6 Å². The van der Waals surface area contributed by atoms with E-state index < -0.39 is 0 Å². The van der Waals surface area contributed by atoms with Crippen molar-refractivity contribution >= 4 is 15.9 Å². The molecule has 2 heteroatoms. The van der Waals surface area contributed by atoms with E-state index in [9.17, 15) is 0 Å². The molecule has 0 N–H and O–H groups in total. The lowest BCUT2D eigenvalue weighted by Crippen LogP contribution is -2.03. The summed E-state index contributed by atoms with van der Waals surface area (Å²) in [5.41, 5.74) is 2.45. The minimum Gasteiger partial charge on any atom is -0.369 e. The Labute approximate surface area is 117 Å². The monoisotopic (exact) mass is 304 g/mol.